The van der Waals surface area contributed by atoms with Gasteiger partial charge in [-0.25, -0.2) is 9.37 Å². The van der Waals surface area contributed by atoms with Crippen molar-refractivity contribution in [1.82, 2.24) is 4.98 Å². The fraction of sp³-hybridized carbons (Fsp3) is 0.222. The summed E-state index contributed by atoms with van der Waals surface area (Å²) in [7, 11) is 0. The summed E-state index contributed by atoms with van der Waals surface area (Å²) >= 11 is 7.32. The molecule has 0 spiro atoms. The van der Waals surface area contributed by atoms with E-state index < -0.39 is 5.82 Å². The maximum atomic E-state index is 13.0. The topological polar surface area (TPSA) is 12.9 Å². The average Bonchev–Trinajstić information content (AvgIpc) is 2.55. The molecule has 0 atom stereocenters. The molecule has 0 N–H and O–H groups in total. The maximum Gasteiger partial charge on any atom is 0.144 e. The zero-order valence-electron chi connectivity index (χ0n) is 6.97. The smallest absolute Gasteiger partial charge is 0.144 e. The van der Waals surface area contributed by atoms with E-state index in [-0.39, 0.29) is 5.02 Å². The summed E-state index contributed by atoms with van der Waals surface area (Å²) in [4.78, 5) is 4.24. The largest absolute Gasteiger partial charge is 0.240 e. The van der Waals surface area contributed by atoms with Crippen molar-refractivity contribution in [2.45, 2.75) is 13.3 Å². The molecule has 2 rings (SSSR count). The van der Waals surface area contributed by atoms with Crippen LogP contribution in [0.3, 0.4) is 0 Å². The molecule has 0 aliphatic rings. The Morgan fingerprint density at radius 3 is 3.00 bits per heavy atom. The monoisotopic (exact) mass is 215 g/mol. The number of hydrogen-bond acceptors (Lipinski definition) is 2. The molecule has 1 aromatic carbocycles. The van der Waals surface area contributed by atoms with Gasteiger partial charge >= 0.3 is 0 Å². The lowest BCUT2D eigenvalue weighted by atomic mass is 10.3. The van der Waals surface area contributed by atoms with Crippen molar-refractivity contribution >= 4 is 33.2 Å². The standard InChI is InChI=1S/C9H7ClFNS/c1-2-7-12-9-6(13-7)4-3-5(11)8(9)10/h3-4H,2H2,1H3. The van der Waals surface area contributed by atoms with Crippen LogP contribution in [0.2, 0.25) is 5.02 Å². The number of aromatic nitrogens is 1. The van der Waals surface area contributed by atoms with Crippen LogP contribution in [-0.4, -0.2) is 4.98 Å². The number of benzene rings is 1. The first kappa shape index (κ1) is 8.91. The van der Waals surface area contributed by atoms with Gasteiger partial charge in [0.25, 0.3) is 0 Å². The van der Waals surface area contributed by atoms with Crippen LogP contribution in [-0.2, 0) is 6.42 Å². The Morgan fingerprint density at radius 1 is 1.54 bits per heavy atom. The number of fused-ring (bicyclic) bond motifs is 1. The van der Waals surface area contributed by atoms with Crippen molar-refractivity contribution in [3.63, 3.8) is 0 Å². The quantitative estimate of drug-likeness (QED) is 0.708. The van der Waals surface area contributed by atoms with Gasteiger partial charge in [0.2, 0.25) is 0 Å². The highest BCUT2D eigenvalue weighted by Crippen LogP contribution is 2.30. The Labute approximate surface area is 84.2 Å². The number of hydrogen-bond donors (Lipinski definition) is 0. The highest BCUT2D eigenvalue weighted by molar-refractivity contribution is 7.18. The summed E-state index contributed by atoms with van der Waals surface area (Å²) in [6.07, 6.45) is 0.858. The van der Waals surface area contributed by atoms with E-state index in [0.717, 1.165) is 16.1 Å². The first-order valence-electron chi connectivity index (χ1n) is 3.95. The number of aryl methyl sites for hydroxylation is 1. The molecule has 1 nitrogen and oxygen atoms in total. The Hall–Kier alpha value is -0.670. The van der Waals surface area contributed by atoms with Gasteiger partial charge in [0, 0.05) is 0 Å². The van der Waals surface area contributed by atoms with Gasteiger partial charge in [0.15, 0.2) is 0 Å². The molecule has 0 bridgehead atoms. The van der Waals surface area contributed by atoms with E-state index in [2.05, 4.69) is 4.98 Å². The fourth-order valence-corrected chi connectivity index (χ4v) is 2.31. The molecule has 0 aliphatic carbocycles. The number of rotatable bonds is 1. The molecule has 4 heteroatoms. The minimum Gasteiger partial charge on any atom is -0.240 e. The summed E-state index contributed by atoms with van der Waals surface area (Å²) in [5, 5.41) is 1.12. The van der Waals surface area contributed by atoms with Crippen LogP contribution in [0.5, 0.6) is 0 Å². The van der Waals surface area contributed by atoms with Crippen molar-refractivity contribution in [2.24, 2.45) is 0 Å². The second-order valence-corrected chi connectivity index (χ2v) is 4.16. The minimum absolute atomic E-state index is 0.133. The van der Waals surface area contributed by atoms with Gasteiger partial charge in [-0.05, 0) is 18.6 Å². The van der Waals surface area contributed by atoms with Gasteiger partial charge in [-0.2, -0.15) is 0 Å². The molecule has 68 valence electrons. The molecule has 0 fully saturated rings. The van der Waals surface area contributed by atoms with Crippen LogP contribution in [0.1, 0.15) is 11.9 Å². The second-order valence-electron chi connectivity index (χ2n) is 2.67. The zero-order chi connectivity index (χ0) is 9.42. The van der Waals surface area contributed by atoms with E-state index >= 15 is 0 Å². The van der Waals surface area contributed by atoms with Crippen molar-refractivity contribution in [3.05, 3.63) is 28.0 Å². The van der Waals surface area contributed by atoms with E-state index in [0.29, 0.717) is 5.52 Å². The third-order valence-corrected chi connectivity index (χ3v) is 3.32. The lowest BCUT2D eigenvalue weighted by Crippen LogP contribution is -1.79. The Kier molecular flexibility index (Phi) is 2.22. The van der Waals surface area contributed by atoms with Crippen LogP contribution in [0.25, 0.3) is 10.2 Å². The SMILES string of the molecule is CCc1nc2c(Cl)c(F)ccc2s1. The lowest BCUT2D eigenvalue weighted by molar-refractivity contribution is 0.630. The number of thiazole rings is 1. The van der Waals surface area contributed by atoms with Gasteiger partial charge in [-0.3, -0.25) is 0 Å². The van der Waals surface area contributed by atoms with Crippen molar-refractivity contribution in [2.75, 3.05) is 0 Å². The third-order valence-electron chi connectivity index (χ3n) is 1.80. The Bertz CT molecular complexity index is 452. The van der Waals surface area contributed by atoms with Crippen LogP contribution in [0.15, 0.2) is 12.1 Å². The number of halogens is 2. The Balaban J connectivity index is 2.76. The Morgan fingerprint density at radius 2 is 2.31 bits per heavy atom. The van der Waals surface area contributed by atoms with Crippen molar-refractivity contribution < 1.29 is 4.39 Å². The average molecular weight is 216 g/mol. The molecular weight excluding hydrogens is 209 g/mol. The van der Waals surface area contributed by atoms with Gasteiger partial charge in [0.05, 0.1) is 9.71 Å². The van der Waals surface area contributed by atoms with Gasteiger partial charge < -0.3 is 0 Å². The first-order valence-corrected chi connectivity index (χ1v) is 5.15. The molecule has 1 aromatic heterocycles. The molecule has 0 aliphatic heterocycles. The summed E-state index contributed by atoms with van der Waals surface area (Å²) in [5.74, 6) is -0.401. The molecule has 13 heavy (non-hydrogen) atoms. The van der Waals surface area contributed by atoms with Crippen LogP contribution < -0.4 is 0 Å². The highest BCUT2D eigenvalue weighted by Gasteiger charge is 2.09. The minimum atomic E-state index is -0.401. The summed E-state index contributed by atoms with van der Waals surface area (Å²) in [5.41, 5.74) is 0.587. The van der Waals surface area contributed by atoms with E-state index in [1.54, 1.807) is 17.4 Å². The summed E-state index contributed by atoms with van der Waals surface area (Å²) < 4.78 is 13.9. The molecule has 0 radical (unpaired) electrons. The number of nitrogens with zero attached hydrogens (tertiary/aromatic N) is 1. The molecule has 0 saturated carbocycles. The van der Waals surface area contributed by atoms with E-state index in [9.17, 15) is 4.39 Å². The molecule has 0 amide bonds. The lowest BCUT2D eigenvalue weighted by Gasteiger charge is -1.92. The molecule has 1 heterocycles. The maximum absolute atomic E-state index is 13.0. The van der Waals surface area contributed by atoms with Gasteiger partial charge in [-0.1, -0.05) is 18.5 Å². The van der Waals surface area contributed by atoms with Crippen LogP contribution >= 0.6 is 22.9 Å². The summed E-state index contributed by atoms with van der Waals surface area (Å²) in [6.45, 7) is 2.02. The van der Waals surface area contributed by atoms with E-state index in [1.807, 2.05) is 6.92 Å². The normalized spacial score (nSPS) is 11.0. The molecule has 0 saturated heterocycles. The predicted molar refractivity (Wildman–Crippen MR) is 54.0 cm³/mol. The summed E-state index contributed by atoms with van der Waals surface area (Å²) in [6, 6.07) is 3.09. The third kappa shape index (κ3) is 1.42. The van der Waals surface area contributed by atoms with Gasteiger partial charge in [0.1, 0.15) is 16.4 Å². The molecule has 2 aromatic rings. The zero-order valence-corrected chi connectivity index (χ0v) is 8.55. The first-order chi connectivity index (χ1) is 6.22. The van der Waals surface area contributed by atoms with Gasteiger partial charge in [-0.15, -0.1) is 11.3 Å². The highest BCUT2D eigenvalue weighted by atomic mass is 35.5. The van der Waals surface area contributed by atoms with E-state index in [4.69, 9.17) is 11.6 Å². The van der Waals surface area contributed by atoms with E-state index in [1.165, 1.54) is 6.07 Å². The second kappa shape index (κ2) is 3.24. The van der Waals surface area contributed by atoms with Crippen LogP contribution in [0.4, 0.5) is 4.39 Å². The molecule has 0 unspecified atom stereocenters. The van der Waals surface area contributed by atoms with Crippen LogP contribution in [0, 0.1) is 5.82 Å². The molecular formula is C9H7ClFNS. The van der Waals surface area contributed by atoms with Crippen molar-refractivity contribution in [3.8, 4) is 0 Å². The van der Waals surface area contributed by atoms with Crippen molar-refractivity contribution in [1.29, 1.82) is 0 Å². The predicted octanol–water partition coefficient (Wildman–Crippen LogP) is 3.65. The fourth-order valence-electron chi connectivity index (χ4n) is 1.13.